The lowest BCUT2D eigenvalue weighted by molar-refractivity contribution is 0.0948. The zero-order valence-electron chi connectivity index (χ0n) is 14.6. The summed E-state index contributed by atoms with van der Waals surface area (Å²) < 4.78 is 4.93. The molecule has 0 radical (unpaired) electrons. The molecule has 7 heteroatoms. The molecule has 0 unspecified atom stereocenters. The van der Waals surface area contributed by atoms with Crippen LogP contribution in [0.5, 0.6) is 0 Å². The van der Waals surface area contributed by atoms with Crippen molar-refractivity contribution in [3.05, 3.63) is 64.4 Å². The maximum atomic E-state index is 12.2. The molecule has 1 aromatic heterocycles. The number of hydrogen-bond donors (Lipinski definition) is 2. The highest BCUT2D eigenvalue weighted by atomic mass is 35.5. The fourth-order valence-electron chi connectivity index (χ4n) is 2.28. The molecule has 0 atom stereocenters. The summed E-state index contributed by atoms with van der Waals surface area (Å²) in [5.41, 5.74) is 1.79. The van der Waals surface area contributed by atoms with E-state index in [1.54, 1.807) is 7.11 Å². The molecule has 0 saturated heterocycles. The molecule has 2 N–H and O–H groups in total. The highest BCUT2D eigenvalue weighted by Gasteiger charge is 2.11. The van der Waals surface area contributed by atoms with Crippen molar-refractivity contribution < 1.29 is 14.3 Å². The number of nitrogens with zero attached hydrogens (tertiary/aromatic N) is 1. The van der Waals surface area contributed by atoms with Crippen molar-refractivity contribution in [2.24, 2.45) is 0 Å². The summed E-state index contributed by atoms with van der Waals surface area (Å²) in [6, 6.07) is 9.01. The van der Waals surface area contributed by atoms with Crippen LogP contribution in [0.1, 0.15) is 32.7 Å². The van der Waals surface area contributed by atoms with Crippen LogP contribution in [-0.2, 0) is 11.2 Å². The Morgan fingerprint density at radius 3 is 2.27 bits per heavy atom. The number of carbonyl (C=O) groups excluding carboxylic acids is 2. The van der Waals surface area contributed by atoms with Crippen molar-refractivity contribution in [2.45, 2.75) is 12.8 Å². The molecule has 1 aromatic carbocycles. The summed E-state index contributed by atoms with van der Waals surface area (Å²) in [5, 5.41) is 6.28. The molecule has 2 rings (SSSR count). The number of nitrogens with one attached hydrogen (secondary N) is 2. The Kier molecular flexibility index (Phi) is 8.05. The lowest BCUT2D eigenvalue weighted by Gasteiger charge is -2.08. The second kappa shape index (κ2) is 10.5. The Hall–Kier alpha value is -2.44. The number of pyridine rings is 1. The fraction of sp³-hybridized carbons (Fsp3) is 0.316. The van der Waals surface area contributed by atoms with Crippen LogP contribution >= 0.6 is 11.6 Å². The quantitative estimate of drug-likeness (QED) is 0.660. The standard InChI is InChI=1S/C19H22ClN3O3/c1-26-10-2-8-22-18(24)15-11-16(13-21-12-15)19(25)23-9-7-14-3-5-17(20)6-4-14/h3-6,11-13H,2,7-10H2,1H3,(H,22,24)(H,23,25). The van der Waals surface area contributed by atoms with Crippen LogP contribution in [0, 0.1) is 0 Å². The van der Waals surface area contributed by atoms with E-state index in [0.717, 1.165) is 12.0 Å². The van der Waals surface area contributed by atoms with Crippen molar-refractivity contribution in [3.63, 3.8) is 0 Å². The molecule has 0 fully saturated rings. The first-order chi connectivity index (χ1) is 12.6. The van der Waals surface area contributed by atoms with E-state index in [1.165, 1.54) is 18.5 Å². The van der Waals surface area contributed by atoms with Gasteiger partial charge in [0.2, 0.25) is 0 Å². The van der Waals surface area contributed by atoms with Gasteiger partial charge in [-0.1, -0.05) is 23.7 Å². The van der Waals surface area contributed by atoms with E-state index < -0.39 is 0 Å². The molecule has 2 amide bonds. The second-order valence-electron chi connectivity index (χ2n) is 5.70. The summed E-state index contributed by atoms with van der Waals surface area (Å²) in [6.07, 6.45) is 4.30. The van der Waals surface area contributed by atoms with Crippen LogP contribution in [0.15, 0.2) is 42.7 Å². The third-order valence-corrected chi connectivity index (χ3v) is 3.94. The topological polar surface area (TPSA) is 80.3 Å². The van der Waals surface area contributed by atoms with Gasteiger partial charge in [-0.2, -0.15) is 0 Å². The van der Waals surface area contributed by atoms with Gasteiger partial charge >= 0.3 is 0 Å². The van der Waals surface area contributed by atoms with E-state index >= 15 is 0 Å². The van der Waals surface area contributed by atoms with E-state index in [4.69, 9.17) is 16.3 Å². The van der Waals surface area contributed by atoms with Gasteiger partial charge in [0.25, 0.3) is 11.8 Å². The predicted octanol–water partition coefficient (Wildman–Crippen LogP) is 2.47. The highest BCUT2D eigenvalue weighted by molar-refractivity contribution is 6.30. The number of aromatic nitrogens is 1. The molecule has 1 heterocycles. The van der Waals surface area contributed by atoms with Gasteiger partial charge < -0.3 is 15.4 Å². The van der Waals surface area contributed by atoms with Crippen molar-refractivity contribution >= 4 is 23.4 Å². The molecule has 2 aromatic rings. The number of methoxy groups -OCH3 is 1. The largest absolute Gasteiger partial charge is 0.385 e. The minimum Gasteiger partial charge on any atom is -0.385 e. The van der Waals surface area contributed by atoms with Gasteiger partial charge in [0, 0.05) is 44.2 Å². The molecule has 0 aliphatic heterocycles. The number of ether oxygens (including phenoxy) is 1. The lowest BCUT2D eigenvalue weighted by Crippen LogP contribution is -2.28. The summed E-state index contributed by atoms with van der Waals surface area (Å²) in [5.74, 6) is -0.523. The molecule has 0 saturated carbocycles. The van der Waals surface area contributed by atoms with Gasteiger partial charge in [-0.15, -0.1) is 0 Å². The first-order valence-corrected chi connectivity index (χ1v) is 8.73. The number of amides is 2. The van der Waals surface area contributed by atoms with E-state index in [2.05, 4.69) is 15.6 Å². The number of hydrogen-bond acceptors (Lipinski definition) is 4. The summed E-state index contributed by atoms with van der Waals surface area (Å²) in [7, 11) is 1.61. The Morgan fingerprint density at radius 2 is 1.65 bits per heavy atom. The monoisotopic (exact) mass is 375 g/mol. The van der Waals surface area contributed by atoms with Gasteiger partial charge in [0.05, 0.1) is 11.1 Å². The van der Waals surface area contributed by atoms with Gasteiger partial charge in [-0.05, 0) is 36.6 Å². The van der Waals surface area contributed by atoms with Gasteiger partial charge in [-0.25, -0.2) is 0 Å². The first kappa shape index (κ1) is 19.9. The van der Waals surface area contributed by atoms with Gasteiger partial charge in [-0.3, -0.25) is 14.6 Å². The average molecular weight is 376 g/mol. The summed E-state index contributed by atoms with van der Waals surface area (Å²) >= 11 is 5.85. The summed E-state index contributed by atoms with van der Waals surface area (Å²) in [6.45, 7) is 1.56. The summed E-state index contributed by atoms with van der Waals surface area (Å²) in [4.78, 5) is 28.3. The zero-order chi connectivity index (χ0) is 18.8. The molecule has 0 aliphatic rings. The molecule has 138 valence electrons. The van der Waals surface area contributed by atoms with Crippen molar-refractivity contribution in [1.29, 1.82) is 0 Å². The van der Waals surface area contributed by atoms with Crippen molar-refractivity contribution in [1.82, 2.24) is 15.6 Å². The Labute approximate surface area is 157 Å². The molecular weight excluding hydrogens is 354 g/mol. The maximum Gasteiger partial charge on any atom is 0.252 e. The molecule has 0 aliphatic carbocycles. The Bertz CT molecular complexity index is 735. The normalized spacial score (nSPS) is 10.4. The number of halogens is 1. The third kappa shape index (κ3) is 6.46. The van der Waals surface area contributed by atoms with E-state index in [1.807, 2.05) is 24.3 Å². The second-order valence-corrected chi connectivity index (χ2v) is 6.13. The van der Waals surface area contributed by atoms with Crippen LogP contribution in [0.3, 0.4) is 0 Å². The molecule has 26 heavy (non-hydrogen) atoms. The zero-order valence-corrected chi connectivity index (χ0v) is 15.4. The maximum absolute atomic E-state index is 12.2. The fourth-order valence-corrected chi connectivity index (χ4v) is 2.41. The van der Waals surface area contributed by atoms with Crippen LogP contribution in [0.4, 0.5) is 0 Å². The van der Waals surface area contributed by atoms with E-state index in [-0.39, 0.29) is 11.8 Å². The highest BCUT2D eigenvalue weighted by Crippen LogP contribution is 2.09. The van der Waals surface area contributed by atoms with Crippen LogP contribution in [-0.4, -0.2) is 43.6 Å². The van der Waals surface area contributed by atoms with Crippen LogP contribution in [0.2, 0.25) is 5.02 Å². The van der Waals surface area contributed by atoms with Crippen LogP contribution < -0.4 is 10.6 Å². The number of benzene rings is 1. The van der Waals surface area contributed by atoms with Crippen molar-refractivity contribution in [3.8, 4) is 0 Å². The molecule has 0 bridgehead atoms. The average Bonchev–Trinajstić information content (AvgIpc) is 2.66. The molecular formula is C19H22ClN3O3. The van der Waals surface area contributed by atoms with E-state index in [9.17, 15) is 9.59 Å². The van der Waals surface area contributed by atoms with Crippen molar-refractivity contribution in [2.75, 3.05) is 26.8 Å². The Morgan fingerprint density at radius 1 is 1.04 bits per heavy atom. The smallest absolute Gasteiger partial charge is 0.252 e. The number of carbonyl (C=O) groups is 2. The SMILES string of the molecule is COCCCNC(=O)c1cncc(C(=O)NCCc2ccc(Cl)cc2)c1. The van der Waals surface area contributed by atoms with E-state index in [0.29, 0.717) is 42.3 Å². The molecule has 6 nitrogen and oxygen atoms in total. The minimum atomic E-state index is -0.263. The third-order valence-electron chi connectivity index (χ3n) is 3.69. The Balaban J connectivity index is 1.84. The first-order valence-electron chi connectivity index (χ1n) is 8.35. The lowest BCUT2D eigenvalue weighted by atomic mass is 10.1. The number of rotatable bonds is 9. The predicted molar refractivity (Wildman–Crippen MR) is 101 cm³/mol. The molecule has 0 spiro atoms. The minimum absolute atomic E-state index is 0.260. The van der Waals surface area contributed by atoms with Gasteiger partial charge in [0.1, 0.15) is 0 Å². The van der Waals surface area contributed by atoms with Crippen LogP contribution in [0.25, 0.3) is 0 Å². The van der Waals surface area contributed by atoms with Gasteiger partial charge in [0.15, 0.2) is 0 Å².